The largest absolute Gasteiger partial charge is 0.251 e. The Morgan fingerprint density at radius 1 is 0.760 bits per heavy atom. The fourth-order valence-electron chi connectivity index (χ4n) is 3.46. The molecule has 0 bridgehead atoms. The summed E-state index contributed by atoms with van der Waals surface area (Å²) in [5.74, 6) is 0.198. The highest BCUT2D eigenvalue weighted by Crippen LogP contribution is 2.43. The van der Waals surface area contributed by atoms with E-state index >= 15 is 0 Å². The second-order valence-corrected chi connectivity index (χ2v) is 7.41. The zero-order valence-electron chi connectivity index (χ0n) is 14.4. The highest BCUT2D eigenvalue weighted by molar-refractivity contribution is 6.26. The van der Waals surface area contributed by atoms with Crippen LogP contribution in [0.5, 0.6) is 0 Å². The van der Waals surface area contributed by atoms with Gasteiger partial charge in [-0.15, -0.1) is 11.6 Å². The topological polar surface area (TPSA) is 12.9 Å². The zero-order chi connectivity index (χ0) is 17.4. The molecule has 1 aromatic heterocycles. The van der Waals surface area contributed by atoms with Gasteiger partial charge in [0.05, 0.1) is 11.2 Å². The summed E-state index contributed by atoms with van der Waals surface area (Å²) in [6.07, 6.45) is 0. The molecule has 1 unspecified atom stereocenters. The minimum atomic E-state index is -0.659. The monoisotopic (exact) mass is 345 g/mol. The average molecular weight is 346 g/mol. The van der Waals surface area contributed by atoms with Crippen LogP contribution in [0, 0.1) is 5.92 Å². The summed E-state index contributed by atoms with van der Waals surface area (Å²) < 4.78 is 0. The van der Waals surface area contributed by atoms with Gasteiger partial charge in [0.15, 0.2) is 0 Å². The summed E-state index contributed by atoms with van der Waals surface area (Å²) in [5, 5.41) is 3.56. The molecule has 0 aliphatic heterocycles. The predicted molar refractivity (Wildman–Crippen MR) is 107 cm³/mol. The fourth-order valence-corrected chi connectivity index (χ4v) is 3.68. The van der Waals surface area contributed by atoms with Gasteiger partial charge < -0.3 is 0 Å². The van der Waals surface area contributed by atoms with Crippen LogP contribution in [-0.2, 0) is 4.87 Å². The van der Waals surface area contributed by atoms with E-state index in [-0.39, 0.29) is 5.92 Å². The molecule has 0 fully saturated rings. The molecule has 3 aromatic carbocycles. The Kier molecular flexibility index (Phi) is 3.97. The van der Waals surface area contributed by atoms with E-state index in [1.807, 2.05) is 18.2 Å². The zero-order valence-corrected chi connectivity index (χ0v) is 15.2. The maximum Gasteiger partial charge on any atom is 0.114 e. The van der Waals surface area contributed by atoms with Crippen LogP contribution in [0.1, 0.15) is 25.1 Å². The number of benzene rings is 3. The van der Waals surface area contributed by atoms with Crippen LogP contribution < -0.4 is 0 Å². The molecule has 0 N–H and O–H groups in total. The highest BCUT2D eigenvalue weighted by Gasteiger charge is 2.37. The molecule has 0 saturated carbocycles. The van der Waals surface area contributed by atoms with E-state index in [9.17, 15) is 0 Å². The van der Waals surface area contributed by atoms with Crippen LogP contribution in [0.25, 0.3) is 21.7 Å². The van der Waals surface area contributed by atoms with Gasteiger partial charge in [-0.05, 0) is 40.5 Å². The standard InChI is InChI=1S/C23H20ClN/c1-16(2)23(24,20-13-11-17-7-3-4-9-19(17)15-20)22-14-12-18-8-5-6-10-21(18)25-22/h3-16H,1-2H3. The van der Waals surface area contributed by atoms with Crippen molar-refractivity contribution in [2.45, 2.75) is 18.7 Å². The van der Waals surface area contributed by atoms with E-state index < -0.39 is 4.87 Å². The number of rotatable bonds is 3. The lowest BCUT2D eigenvalue weighted by atomic mass is 9.83. The van der Waals surface area contributed by atoms with E-state index in [2.05, 4.69) is 74.5 Å². The van der Waals surface area contributed by atoms with Crippen LogP contribution in [0.15, 0.2) is 78.9 Å². The number of halogens is 1. The van der Waals surface area contributed by atoms with Crippen LogP contribution >= 0.6 is 11.6 Å². The normalized spacial score (nSPS) is 14.1. The van der Waals surface area contributed by atoms with E-state index in [4.69, 9.17) is 16.6 Å². The van der Waals surface area contributed by atoms with Crippen molar-refractivity contribution in [2.24, 2.45) is 5.92 Å². The van der Waals surface area contributed by atoms with Gasteiger partial charge in [-0.3, -0.25) is 4.98 Å². The molecule has 0 radical (unpaired) electrons. The average Bonchev–Trinajstić information content (AvgIpc) is 2.66. The maximum absolute atomic E-state index is 7.26. The van der Waals surface area contributed by atoms with Crippen molar-refractivity contribution < 1.29 is 0 Å². The van der Waals surface area contributed by atoms with Crippen LogP contribution in [0.2, 0.25) is 0 Å². The summed E-state index contributed by atoms with van der Waals surface area (Å²) in [5.41, 5.74) is 2.97. The first-order chi connectivity index (χ1) is 12.1. The summed E-state index contributed by atoms with van der Waals surface area (Å²) in [4.78, 5) is 4.23. The van der Waals surface area contributed by atoms with Gasteiger partial charge in [0, 0.05) is 5.39 Å². The summed E-state index contributed by atoms with van der Waals surface area (Å²) in [6.45, 7) is 4.30. The fraction of sp³-hybridized carbons (Fsp3) is 0.174. The van der Waals surface area contributed by atoms with Gasteiger partial charge in [0.2, 0.25) is 0 Å². The van der Waals surface area contributed by atoms with Crippen molar-refractivity contribution in [1.82, 2.24) is 4.98 Å². The van der Waals surface area contributed by atoms with Crippen molar-refractivity contribution in [3.8, 4) is 0 Å². The van der Waals surface area contributed by atoms with Crippen molar-refractivity contribution >= 4 is 33.3 Å². The minimum Gasteiger partial charge on any atom is -0.251 e. The third-order valence-electron chi connectivity index (χ3n) is 4.94. The van der Waals surface area contributed by atoms with E-state index in [0.29, 0.717) is 0 Å². The Labute approximate surface area is 153 Å². The van der Waals surface area contributed by atoms with Gasteiger partial charge in [0.1, 0.15) is 4.87 Å². The molecule has 1 atom stereocenters. The second kappa shape index (κ2) is 6.16. The van der Waals surface area contributed by atoms with Gasteiger partial charge >= 0.3 is 0 Å². The molecule has 4 rings (SSSR count). The number of pyridine rings is 1. The highest BCUT2D eigenvalue weighted by atomic mass is 35.5. The Bertz CT molecular complexity index is 973. The molecule has 0 saturated heterocycles. The van der Waals surface area contributed by atoms with E-state index in [1.54, 1.807) is 0 Å². The summed E-state index contributed by atoms with van der Waals surface area (Å²) >= 11 is 7.26. The Morgan fingerprint density at radius 3 is 2.16 bits per heavy atom. The Balaban J connectivity index is 1.92. The van der Waals surface area contributed by atoms with E-state index in [1.165, 1.54) is 10.8 Å². The third-order valence-corrected chi connectivity index (χ3v) is 5.78. The maximum atomic E-state index is 7.26. The number of alkyl halides is 1. The molecule has 25 heavy (non-hydrogen) atoms. The molecule has 1 nitrogen and oxygen atoms in total. The number of fused-ring (bicyclic) bond motifs is 2. The van der Waals surface area contributed by atoms with Crippen LogP contribution in [0.4, 0.5) is 0 Å². The third kappa shape index (κ3) is 2.69. The smallest absolute Gasteiger partial charge is 0.114 e. The van der Waals surface area contributed by atoms with Crippen LogP contribution in [-0.4, -0.2) is 4.98 Å². The molecule has 0 aliphatic carbocycles. The SMILES string of the molecule is CC(C)C(Cl)(c1ccc2ccccc2c1)c1ccc2ccccc2n1. The Hall–Kier alpha value is -2.38. The summed E-state index contributed by atoms with van der Waals surface area (Å²) in [7, 11) is 0. The first-order valence-corrected chi connectivity index (χ1v) is 9.01. The first-order valence-electron chi connectivity index (χ1n) is 8.63. The van der Waals surface area contributed by atoms with Crippen molar-refractivity contribution in [2.75, 3.05) is 0 Å². The number of hydrogen-bond donors (Lipinski definition) is 0. The molecular weight excluding hydrogens is 326 g/mol. The number of para-hydroxylation sites is 1. The van der Waals surface area contributed by atoms with Crippen molar-refractivity contribution in [3.05, 3.63) is 90.1 Å². The quantitative estimate of drug-likeness (QED) is 0.385. The van der Waals surface area contributed by atoms with Crippen molar-refractivity contribution in [1.29, 1.82) is 0 Å². The van der Waals surface area contributed by atoms with Gasteiger partial charge in [-0.25, -0.2) is 0 Å². The van der Waals surface area contributed by atoms with Gasteiger partial charge in [-0.1, -0.05) is 74.5 Å². The lowest BCUT2D eigenvalue weighted by Crippen LogP contribution is -2.28. The number of aromatic nitrogens is 1. The molecule has 1 heterocycles. The minimum absolute atomic E-state index is 0.198. The van der Waals surface area contributed by atoms with Crippen LogP contribution in [0.3, 0.4) is 0 Å². The van der Waals surface area contributed by atoms with Gasteiger partial charge in [0.25, 0.3) is 0 Å². The molecule has 4 aromatic rings. The molecule has 0 spiro atoms. The lowest BCUT2D eigenvalue weighted by molar-refractivity contribution is 0.497. The summed E-state index contributed by atoms with van der Waals surface area (Å²) in [6, 6.07) is 27.2. The lowest BCUT2D eigenvalue weighted by Gasteiger charge is -2.32. The molecule has 124 valence electrons. The molecular formula is C23H20ClN. The Morgan fingerprint density at radius 2 is 1.40 bits per heavy atom. The van der Waals surface area contributed by atoms with E-state index in [0.717, 1.165) is 22.2 Å². The number of nitrogens with zero attached hydrogens (tertiary/aromatic N) is 1. The second-order valence-electron chi connectivity index (χ2n) is 6.82. The predicted octanol–water partition coefficient (Wildman–Crippen LogP) is 6.53. The molecule has 0 aliphatic rings. The van der Waals surface area contributed by atoms with Crippen molar-refractivity contribution in [3.63, 3.8) is 0 Å². The number of hydrogen-bond acceptors (Lipinski definition) is 1. The molecule has 0 amide bonds. The first kappa shape index (κ1) is 16.1. The van der Waals surface area contributed by atoms with Gasteiger partial charge in [-0.2, -0.15) is 0 Å². The molecule has 2 heteroatoms.